The van der Waals surface area contributed by atoms with E-state index >= 15 is 0 Å². The number of fused-ring (bicyclic) bond motifs is 1. The number of hydrogen-bond donors (Lipinski definition) is 2. The molecule has 1 aliphatic rings. The number of carbonyl (C=O) groups is 1. The van der Waals surface area contributed by atoms with E-state index in [0.717, 1.165) is 29.8 Å². The monoisotopic (exact) mass is 432 g/mol. The van der Waals surface area contributed by atoms with Crippen LogP contribution >= 0.6 is 24.2 Å². The first-order chi connectivity index (χ1) is 13.5. The maximum Gasteiger partial charge on any atom is 0.253 e. The summed E-state index contributed by atoms with van der Waals surface area (Å²) in [5, 5.41) is 8.27. The van der Waals surface area contributed by atoms with Crippen LogP contribution in [0, 0.1) is 19.8 Å². The van der Waals surface area contributed by atoms with Gasteiger partial charge in [0, 0.05) is 35.3 Å². The average Bonchev–Trinajstić information content (AvgIpc) is 3.44. The number of hydrogen-bond acceptors (Lipinski definition) is 6. The second kappa shape index (κ2) is 9.11. The molecule has 1 saturated carbocycles. The van der Waals surface area contributed by atoms with Crippen molar-refractivity contribution in [3.05, 3.63) is 52.8 Å². The van der Waals surface area contributed by atoms with Gasteiger partial charge in [0.2, 0.25) is 5.16 Å². The van der Waals surface area contributed by atoms with Gasteiger partial charge in [0.25, 0.3) is 11.7 Å². The molecule has 1 unspecified atom stereocenters. The van der Waals surface area contributed by atoms with Crippen LogP contribution < -0.4 is 11.1 Å². The number of amides is 1. The summed E-state index contributed by atoms with van der Waals surface area (Å²) in [5.74, 6) is 1.67. The number of rotatable bonds is 7. The first-order valence-electron chi connectivity index (χ1n) is 9.48. The van der Waals surface area contributed by atoms with Gasteiger partial charge in [0.05, 0.1) is 0 Å². The fourth-order valence-electron chi connectivity index (χ4n) is 3.33. The highest BCUT2D eigenvalue weighted by Crippen LogP contribution is 2.32. The summed E-state index contributed by atoms with van der Waals surface area (Å²) < 4.78 is 1.75. The number of nitrogens with zero attached hydrogens (tertiary/aromatic N) is 4. The molecule has 7 nitrogen and oxygen atoms in total. The van der Waals surface area contributed by atoms with Gasteiger partial charge in [0.1, 0.15) is 0 Å². The molecule has 0 radical (unpaired) electrons. The Morgan fingerprint density at radius 3 is 2.79 bits per heavy atom. The number of aromatic nitrogens is 4. The van der Waals surface area contributed by atoms with E-state index in [-0.39, 0.29) is 24.4 Å². The van der Waals surface area contributed by atoms with Crippen molar-refractivity contribution in [1.29, 1.82) is 0 Å². The van der Waals surface area contributed by atoms with Gasteiger partial charge in [-0.15, -0.1) is 17.5 Å². The van der Waals surface area contributed by atoms with Crippen molar-refractivity contribution in [2.24, 2.45) is 11.7 Å². The van der Waals surface area contributed by atoms with E-state index in [4.69, 9.17) is 5.73 Å². The van der Waals surface area contributed by atoms with E-state index in [1.165, 1.54) is 11.8 Å². The van der Waals surface area contributed by atoms with E-state index in [2.05, 4.69) is 20.4 Å². The Morgan fingerprint density at radius 2 is 2.07 bits per heavy atom. The standard InChI is InChI=1S/C20H24N6OS.ClH/c1-12-9-13(2)26-19(22-12)24-20(25-26)28-11-15-5-3-4-6-16(15)18(27)23-17(10-21)14-7-8-14;/h3-6,9,14,17H,7-8,10-11,21H2,1-2H3,(H,23,27);1H. The minimum Gasteiger partial charge on any atom is -0.348 e. The molecule has 3 aromatic rings. The third-order valence-electron chi connectivity index (χ3n) is 4.98. The van der Waals surface area contributed by atoms with Crippen LogP contribution in [0.3, 0.4) is 0 Å². The lowest BCUT2D eigenvalue weighted by Gasteiger charge is -2.17. The van der Waals surface area contributed by atoms with Crippen molar-refractivity contribution in [3.8, 4) is 0 Å². The molecule has 1 amide bonds. The minimum absolute atomic E-state index is 0. The number of nitrogens with two attached hydrogens (primary N) is 1. The summed E-state index contributed by atoms with van der Waals surface area (Å²) in [4.78, 5) is 21.7. The van der Waals surface area contributed by atoms with Crippen molar-refractivity contribution in [2.75, 3.05) is 6.54 Å². The van der Waals surface area contributed by atoms with Crippen molar-refractivity contribution in [2.45, 2.75) is 43.6 Å². The lowest BCUT2D eigenvalue weighted by atomic mass is 10.1. The number of thioether (sulfide) groups is 1. The van der Waals surface area contributed by atoms with Crippen LogP contribution in [-0.2, 0) is 5.75 Å². The quantitative estimate of drug-likeness (QED) is 0.557. The highest BCUT2D eigenvalue weighted by Gasteiger charge is 2.31. The molecule has 1 atom stereocenters. The van der Waals surface area contributed by atoms with Crippen molar-refractivity contribution in [1.82, 2.24) is 24.9 Å². The number of nitrogens with one attached hydrogen (secondary N) is 1. The largest absolute Gasteiger partial charge is 0.348 e. The maximum atomic E-state index is 12.8. The lowest BCUT2D eigenvalue weighted by molar-refractivity contribution is 0.0933. The number of halogens is 1. The van der Waals surface area contributed by atoms with Crippen LogP contribution in [0.1, 0.15) is 40.2 Å². The summed E-state index contributed by atoms with van der Waals surface area (Å²) in [5.41, 5.74) is 9.38. The molecule has 1 fully saturated rings. The van der Waals surface area contributed by atoms with E-state index in [1.54, 1.807) is 4.52 Å². The first kappa shape index (κ1) is 21.5. The van der Waals surface area contributed by atoms with Gasteiger partial charge in [-0.1, -0.05) is 30.0 Å². The summed E-state index contributed by atoms with van der Waals surface area (Å²) in [6.07, 6.45) is 2.29. The molecule has 0 saturated heterocycles. The summed E-state index contributed by atoms with van der Waals surface area (Å²) in [6, 6.07) is 9.70. The van der Waals surface area contributed by atoms with Crippen LogP contribution in [0.25, 0.3) is 5.78 Å². The zero-order valence-corrected chi connectivity index (χ0v) is 18.1. The third-order valence-corrected chi connectivity index (χ3v) is 5.87. The SMILES string of the molecule is Cc1cc(C)n2nc(SCc3ccccc3C(=O)NC(CN)C3CC3)nc2n1.Cl. The molecule has 1 aliphatic carbocycles. The zero-order valence-electron chi connectivity index (χ0n) is 16.5. The molecule has 0 spiro atoms. The summed E-state index contributed by atoms with van der Waals surface area (Å²) >= 11 is 1.50. The summed E-state index contributed by atoms with van der Waals surface area (Å²) in [7, 11) is 0. The fourth-order valence-corrected chi connectivity index (χ4v) is 4.15. The highest BCUT2D eigenvalue weighted by atomic mass is 35.5. The lowest BCUT2D eigenvalue weighted by Crippen LogP contribution is -2.42. The molecule has 154 valence electrons. The van der Waals surface area contributed by atoms with Crippen molar-refractivity contribution < 1.29 is 4.79 Å². The molecule has 1 aromatic carbocycles. The third kappa shape index (κ3) is 4.88. The van der Waals surface area contributed by atoms with Gasteiger partial charge in [0.15, 0.2) is 0 Å². The zero-order chi connectivity index (χ0) is 19.7. The normalized spacial score (nSPS) is 14.4. The molecule has 2 aromatic heterocycles. The molecule has 0 bridgehead atoms. The Kier molecular flexibility index (Phi) is 6.77. The van der Waals surface area contributed by atoms with E-state index < -0.39 is 0 Å². The Morgan fingerprint density at radius 1 is 1.31 bits per heavy atom. The molecular formula is C20H25ClN6OS. The number of aryl methyl sites for hydroxylation is 2. The van der Waals surface area contributed by atoms with Crippen molar-refractivity contribution >= 4 is 35.9 Å². The Balaban J connectivity index is 0.00000240. The van der Waals surface area contributed by atoms with E-state index in [1.807, 2.05) is 44.2 Å². The number of benzene rings is 1. The van der Waals surface area contributed by atoms with Crippen LogP contribution in [0.2, 0.25) is 0 Å². The Bertz CT molecular complexity index is 1020. The van der Waals surface area contributed by atoms with Crippen molar-refractivity contribution in [3.63, 3.8) is 0 Å². The van der Waals surface area contributed by atoms with Crippen LogP contribution in [0.5, 0.6) is 0 Å². The van der Waals surface area contributed by atoms with Gasteiger partial charge < -0.3 is 11.1 Å². The smallest absolute Gasteiger partial charge is 0.253 e. The second-order valence-electron chi connectivity index (χ2n) is 7.24. The first-order valence-corrected chi connectivity index (χ1v) is 10.5. The van der Waals surface area contributed by atoms with Gasteiger partial charge in [-0.2, -0.15) is 4.98 Å². The molecule has 3 N–H and O–H groups in total. The number of carbonyl (C=O) groups excluding carboxylic acids is 1. The van der Waals surface area contributed by atoms with Crippen LogP contribution in [0.15, 0.2) is 35.5 Å². The summed E-state index contributed by atoms with van der Waals surface area (Å²) in [6.45, 7) is 4.40. The van der Waals surface area contributed by atoms with Gasteiger partial charge in [-0.3, -0.25) is 4.79 Å². The van der Waals surface area contributed by atoms with Gasteiger partial charge >= 0.3 is 0 Å². The Hall–Kier alpha value is -2.16. The Labute approximate surface area is 180 Å². The average molecular weight is 433 g/mol. The van der Waals surface area contributed by atoms with Gasteiger partial charge in [-0.05, 0) is 50.3 Å². The minimum atomic E-state index is -0.0605. The van der Waals surface area contributed by atoms with Crippen LogP contribution in [0.4, 0.5) is 0 Å². The maximum absolute atomic E-state index is 12.8. The molecule has 2 heterocycles. The fraction of sp³-hybridized carbons (Fsp3) is 0.400. The molecule has 0 aliphatic heterocycles. The highest BCUT2D eigenvalue weighted by molar-refractivity contribution is 7.98. The predicted octanol–water partition coefficient (Wildman–Crippen LogP) is 2.92. The van der Waals surface area contributed by atoms with E-state index in [0.29, 0.717) is 34.7 Å². The molecule has 9 heteroatoms. The predicted molar refractivity (Wildman–Crippen MR) is 117 cm³/mol. The van der Waals surface area contributed by atoms with Gasteiger partial charge in [-0.25, -0.2) is 9.50 Å². The molecular weight excluding hydrogens is 408 g/mol. The second-order valence-corrected chi connectivity index (χ2v) is 8.19. The van der Waals surface area contributed by atoms with E-state index in [9.17, 15) is 4.79 Å². The van der Waals surface area contributed by atoms with Crippen LogP contribution in [-0.4, -0.2) is 38.1 Å². The topological polar surface area (TPSA) is 98.2 Å². The molecule has 4 rings (SSSR count). The molecule has 29 heavy (non-hydrogen) atoms.